The second kappa shape index (κ2) is 7.88. The van der Waals surface area contributed by atoms with E-state index in [1.807, 2.05) is 13.0 Å². The highest BCUT2D eigenvalue weighted by atomic mass is 19.4. The molecule has 0 bridgehead atoms. The molecule has 2 aromatic heterocycles. The summed E-state index contributed by atoms with van der Waals surface area (Å²) in [4.78, 5) is 10.1. The first kappa shape index (κ1) is 21.7. The van der Waals surface area contributed by atoms with E-state index in [2.05, 4.69) is 10.1 Å². The topological polar surface area (TPSA) is 43.2 Å². The molecule has 3 heterocycles. The van der Waals surface area contributed by atoms with Gasteiger partial charge in [0.15, 0.2) is 5.76 Å². The average Bonchev–Trinajstić information content (AvgIpc) is 3.34. The van der Waals surface area contributed by atoms with E-state index in [4.69, 9.17) is 4.84 Å². The van der Waals surface area contributed by atoms with Crippen molar-refractivity contribution in [2.24, 2.45) is 0 Å². The van der Waals surface area contributed by atoms with Crippen LogP contribution in [0.15, 0.2) is 60.6 Å². The maximum absolute atomic E-state index is 13.4. The number of alkyl halides is 6. The normalized spacial score (nSPS) is 14.8. The van der Waals surface area contributed by atoms with Crippen LogP contribution in [-0.4, -0.2) is 21.3 Å². The van der Waals surface area contributed by atoms with Gasteiger partial charge in [-0.25, -0.2) is 5.06 Å². The van der Waals surface area contributed by atoms with Gasteiger partial charge in [0.1, 0.15) is 11.4 Å². The van der Waals surface area contributed by atoms with Gasteiger partial charge in [0.25, 0.3) is 0 Å². The van der Waals surface area contributed by atoms with Crippen molar-refractivity contribution in [2.75, 3.05) is 11.6 Å². The molecular weight excluding hydrogens is 438 g/mol. The molecule has 0 saturated carbocycles. The Bertz CT molecular complexity index is 1150. The van der Waals surface area contributed by atoms with E-state index in [0.717, 1.165) is 11.6 Å². The second-order valence-electron chi connectivity index (χ2n) is 7.22. The molecule has 0 saturated heterocycles. The van der Waals surface area contributed by atoms with E-state index in [9.17, 15) is 26.3 Å². The fourth-order valence-corrected chi connectivity index (χ4v) is 3.31. The van der Waals surface area contributed by atoms with Crippen LogP contribution in [-0.2, 0) is 23.7 Å². The minimum absolute atomic E-state index is 0.121. The molecule has 0 unspecified atom stereocenters. The van der Waals surface area contributed by atoms with E-state index in [1.54, 1.807) is 18.3 Å². The predicted molar refractivity (Wildman–Crippen MR) is 103 cm³/mol. The summed E-state index contributed by atoms with van der Waals surface area (Å²) in [5, 5.41) is 5.56. The molecule has 4 rings (SSSR count). The summed E-state index contributed by atoms with van der Waals surface area (Å²) in [6.07, 6.45) is -5.32. The molecule has 3 aromatic rings. The van der Waals surface area contributed by atoms with E-state index >= 15 is 0 Å². The molecule has 168 valence electrons. The Balaban J connectivity index is 1.55. The van der Waals surface area contributed by atoms with Gasteiger partial charge in [-0.05, 0) is 42.3 Å². The second-order valence-corrected chi connectivity index (χ2v) is 7.22. The fourth-order valence-electron chi connectivity index (χ4n) is 3.31. The standard InChI is InChI=1S/C21H16F6N4O/c1-13-10-31(32-19(13)18-4-2-3-7-28-18)16-9-29-30(12-16)11-14-5-6-15(20(22,23)24)8-17(14)21(25,26)27/h2-9,12H,10-11H2,1H3. The minimum atomic E-state index is -4.94. The zero-order valence-electron chi connectivity index (χ0n) is 16.6. The highest BCUT2D eigenvalue weighted by molar-refractivity contribution is 5.65. The maximum atomic E-state index is 13.4. The van der Waals surface area contributed by atoms with Crippen LogP contribution in [0.5, 0.6) is 0 Å². The molecule has 0 N–H and O–H groups in total. The highest BCUT2D eigenvalue weighted by Crippen LogP contribution is 2.38. The van der Waals surface area contributed by atoms with Crippen molar-refractivity contribution >= 4 is 11.4 Å². The van der Waals surface area contributed by atoms with Gasteiger partial charge < -0.3 is 4.84 Å². The first-order chi connectivity index (χ1) is 15.0. The zero-order chi connectivity index (χ0) is 23.1. The van der Waals surface area contributed by atoms with Crippen molar-refractivity contribution in [2.45, 2.75) is 25.8 Å². The van der Waals surface area contributed by atoms with Gasteiger partial charge in [0.2, 0.25) is 0 Å². The fraction of sp³-hybridized carbons (Fsp3) is 0.238. The molecule has 1 aliphatic heterocycles. The van der Waals surface area contributed by atoms with E-state index < -0.39 is 23.5 Å². The number of halogens is 6. The van der Waals surface area contributed by atoms with Crippen molar-refractivity contribution in [1.82, 2.24) is 14.8 Å². The van der Waals surface area contributed by atoms with Crippen LogP contribution in [0.4, 0.5) is 32.0 Å². The minimum Gasteiger partial charge on any atom is -0.377 e. The zero-order valence-corrected chi connectivity index (χ0v) is 16.6. The third-order valence-corrected chi connectivity index (χ3v) is 4.85. The Morgan fingerprint density at radius 3 is 2.47 bits per heavy atom. The smallest absolute Gasteiger partial charge is 0.377 e. The summed E-state index contributed by atoms with van der Waals surface area (Å²) < 4.78 is 79.9. The van der Waals surface area contributed by atoms with E-state index in [1.165, 1.54) is 22.1 Å². The summed E-state index contributed by atoms with van der Waals surface area (Å²) >= 11 is 0. The van der Waals surface area contributed by atoms with Gasteiger partial charge in [0, 0.05) is 6.20 Å². The maximum Gasteiger partial charge on any atom is 0.416 e. The summed E-state index contributed by atoms with van der Waals surface area (Å²) in [6.45, 7) is 1.90. The summed E-state index contributed by atoms with van der Waals surface area (Å²) in [6, 6.07) is 6.95. The van der Waals surface area contributed by atoms with Gasteiger partial charge in [-0.2, -0.15) is 31.4 Å². The Labute approximate surface area is 178 Å². The molecule has 1 aromatic carbocycles. The third kappa shape index (κ3) is 4.41. The number of nitrogens with zero attached hydrogens (tertiary/aromatic N) is 4. The van der Waals surface area contributed by atoms with Crippen LogP contribution in [0.2, 0.25) is 0 Å². The molecule has 1 aliphatic rings. The summed E-state index contributed by atoms with van der Waals surface area (Å²) in [7, 11) is 0. The van der Waals surface area contributed by atoms with Crippen LogP contribution in [0.3, 0.4) is 0 Å². The average molecular weight is 454 g/mol. The lowest BCUT2D eigenvalue weighted by Crippen LogP contribution is -2.17. The van der Waals surface area contributed by atoms with Gasteiger partial charge in [-0.15, -0.1) is 0 Å². The monoisotopic (exact) mass is 454 g/mol. The number of hydrogen-bond donors (Lipinski definition) is 0. The Morgan fingerprint density at radius 2 is 1.81 bits per heavy atom. The molecule has 0 fully saturated rings. The molecule has 32 heavy (non-hydrogen) atoms. The van der Waals surface area contributed by atoms with Crippen LogP contribution in [0, 0.1) is 0 Å². The van der Waals surface area contributed by atoms with E-state index in [0.29, 0.717) is 29.8 Å². The number of hydroxylamine groups is 1. The Hall–Kier alpha value is -3.50. The Morgan fingerprint density at radius 1 is 1.03 bits per heavy atom. The lowest BCUT2D eigenvalue weighted by atomic mass is 10.0. The molecule has 11 heteroatoms. The van der Waals surface area contributed by atoms with Crippen molar-refractivity contribution in [3.05, 3.63) is 82.9 Å². The van der Waals surface area contributed by atoms with Crippen molar-refractivity contribution in [3.63, 3.8) is 0 Å². The first-order valence-electron chi connectivity index (χ1n) is 9.39. The molecule has 0 atom stereocenters. The molecule has 0 amide bonds. The number of anilines is 1. The molecule has 0 aliphatic carbocycles. The van der Waals surface area contributed by atoms with Gasteiger partial charge in [-0.3, -0.25) is 9.67 Å². The van der Waals surface area contributed by atoms with Gasteiger partial charge in [-0.1, -0.05) is 12.1 Å². The van der Waals surface area contributed by atoms with Crippen molar-refractivity contribution in [1.29, 1.82) is 0 Å². The highest BCUT2D eigenvalue weighted by Gasteiger charge is 2.38. The van der Waals surface area contributed by atoms with Gasteiger partial charge >= 0.3 is 12.4 Å². The number of aromatic nitrogens is 3. The third-order valence-electron chi connectivity index (χ3n) is 4.85. The molecule has 0 radical (unpaired) electrons. The Kier molecular flexibility index (Phi) is 5.35. The van der Waals surface area contributed by atoms with Crippen LogP contribution in [0.1, 0.15) is 29.3 Å². The quantitative estimate of drug-likeness (QED) is 0.485. The molecule has 5 nitrogen and oxygen atoms in total. The molecule has 0 spiro atoms. The number of benzene rings is 1. The lowest BCUT2D eigenvalue weighted by molar-refractivity contribution is -0.143. The van der Waals surface area contributed by atoms with E-state index in [-0.39, 0.29) is 18.2 Å². The largest absolute Gasteiger partial charge is 0.416 e. The van der Waals surface area contributed by atoms with Crippen molar-refractivity contribution < 1.29 is 31.2 Å². The number of pyridine rings is 1. The first-order valence-corrected chi connectivity index (χ1v) is 9.39. The predicted octanol–water partition coefficient (Wildman–Crippen LogP) is 5.55. The summed E-state index contributed by atoms with van der Waals surface area (Å²) in [5.74, 6) is 0.570. The van der Waals surface area contributed by atoms with Gasteiger partial charge in [0.05, 0.1) is 36.6 Å². The van der Waals surface area contributed by atoms with Crippen molar-refractivity contribution in [3.8, 4) is 0 Å². The number of hydrogen-bond acceptors (Lipinski definition) is 4. The SMILES string of the molecule is CC1=C(c2ccccn2)ON(c2cnn(Cc3ccc(C(F)(F)F)cc3C(F)(F)F)c2)C1. The number of rotatable bonds is 4. The summed E-state index contributed by atoms with van der Waals surface area (Å²) in [5.41, 5.74) is -1.01. The van der Waals surface area contributed by atoms with Crippen LogP contribution in [0.25, 0.3) is 5.76 Å². The van der Waals surface area contributed by atoms with Crippen LogP contribution < -0.4 is 5.06 Å². The molecular formula is C21H16F6N4O. The lowest BCUT2D eigenvalue weighted by Gasteiger charge is -2.17. The van der Waals surface area contributed by atoms with Crippen LogP contribution >= 0.6 is 0 Å².